The van der Waals surface area contributed by atoms with Crippen molar-refractivity contribution in [1.29, 1.82) is 0 Å². The van der Waals surface area contributed by atoms with Crippen molar-refractivity contribution in [3.05, 3.63) is 45.3 Å². The summed E-state index contributed by atoms with van der Waals surface area (Å²) in [7, 11) is 0. The number of hydrogen-bond donors (Lipinski definition) is 1. The predicted octanol–water partition coefficient (Wildman–Crippen LogP) is 2.98. The molecule has 1 N–H and O–H groups in total. The molecule has 0 aliphatic rings. The summed E-state index contributed by atoms with van der Waals surface area (Å²) < 4.78 is 5.10. The molecule has 0 aliphatic heterocycles. The number of amides is 1. The first kappa shape index (κ1) is 13.6. The molecule has 0 spiro atoms. The molecule has 0 bridgehead atoms. The first-order chi connectivity index (χ1) is 9.11. The molecule has 0 unspecified atom stereocenters. The number of carbonyl (C=O) groups is 1. The minimum atomic E-state index is -0.635. The van der Waals surface area contributed by atoms with Crippen LogP contribution in [0.1, 0.15) is 30.1 Å². The van der Waals surface area contributed by atoms with E-state index in [0.717, 1.165) is 12.8 Å². The Labute approximate surface area is 115 Å². The maximum atomic E-state index is 11.9. The van der Waals surface area contributed by atoms with Crippen molar-refractivity contribution in [3.8, 4) is 0 Å². The van der Waals surface area contributed by atoms with Crippen LogP contribution < -0.4 is 10.9 Å². The SMILES string of the molecule is CCCCNC(=O)c1cc2cc(Cl)ccc2oc1=O. The summed E-state index contributed by atoms with van der Waals surface area (Å²) >= 11 is 5.87. The van der Waals surface area contributed by atoms with E-state index in [9.17, 15) is 9.59 Å². The van der Waals surface area contributed by atoms with Gasteiger partial charge in [0, 0.05) is 17.0 Å². The topological polar surface area (TPSA) is 59.3 Å². The van der Waals surface area contributed by atoms with E-state index < -0.39 is 11.5 Å². The number of carbonyl (C=O) groups excluding carboxylic acids is 1. The van der Waals surface area contributed by atoms with Gasteiger partial charge in [0.25, 0.3) is 5.91 Å². The van der Waals surface area contributed by atoms with E-state index in [1.165, 1.54) is 6.07 Å². The molecule has 2 aromatic rings. The summed E-state index contributed by atoms with van der Waals surface area (Å²) in [4.78, 5) is 23.6. The molecular formula is C14H14ClNO3. The molecule has 0 fully saturated rings. The van der Waals surface area contributed by atoms with Crippen LogP contribution in [-0.4, -0.2) is 12.5 Å². The average molecular weight is 280 g/mol. The number of hydrogen-bond acceptors (Lipinski definition) is 3. The van der Waals surface area contributed by atoms with E-state index in [0.29, 0.717) is 22.5 Å². The maximum Gasteiger partial charge on any atom is 0.349 e. The summed E-state index contributed by atoms with van der Waals surface area (Å²) in [6, 6.07) is 6.41. The summed E-state index contributed by atoms with van der Waals surface area (Å²) in [6.45, 7) is 2.57. The van der Waals surface area contributed by atoms with Gasteiger partial charge < -0.3 is 9.73 Å². The fourth-order valence-electron chi connectivity index (χ4n) is 1.73. The largest absolute Gasteiger partial charge is 0.422 e. The Morgan fingerprint density at radius 2 is 2.16 bits per heavy atom. The van der Waals surface area contributed by atoms with Gasteiger partial charge in [0.15, 0.2) is 0 Å². The van der Waals surface area contributed by atoms with Crippen LogP contribution in [-0.2, 0) is 0 Å². The fourth-order valence-corrected chi connectivity index (χ4v) is 1.91. The number of nitrogens with one attached hydrogen (secondary N) is 1. The lowest BCUT2D eigenvalue weighted by molar-refractivity contribution is 0.0949. The van der Waals surface area contributed by atoms with Gasteiger partial charge >= 0.3 is 5.63 Å². The Hall–Kier alpha value is -1.81. The van der Waals surface area contributed by atoms with E-state index >= 15 is 0 Å². The number of rotatable bonds is 4. The van der Waals surface area contributed by atoms with Crippen LogP contribution >= 0.6 is 11.6 Å². The Morgan fingerprint density at radius 3 is 2.89 bits per heavy atom. The lowest BCUT2D eigenvalue weighted by atomic mass is 10.2. The molecule has 0 aliphatic carbocycles. The van der Waals surface area contributed by atoms with Gasteiger partial charge in [0.2, 0.25) is 0 Å². The second-order valence-electron chi connectivity index (χ2n) is 4.24. The first-order valence-electron chi connectivity index (χ1n) is 6.13. The van der Waals surface area contributed by atoms with Crippen LogP contribution in [0.4, 0.5) is 0 Å². The zero-order valence-electron chi connectivity index (χ0n) is 10.5. The molecule has 0 saturated heterocycles. The third kappa shape index (κ3) is 3.15. The van der Waals surface area contributed by atoms with Crippen LogP contribution in [0.5, 0.6) is 0 Å². The van der Waals surface area contributed by atoms with E-state index in [4.69, 9.17) is 16.0 Å². The highest BCUT2D eigenvalue weighted by atomic mass is 35.5. The number of benzene rings is 1. The van der Waals surface area contributed by atoms with Crippen LogP contribution in [0.3, 0.4) is 0 Å². The van der Waals surface area contributed by atoms with Gasteiger partial charge in [-0.1, -0.05) is 24.9 Å². The highest BCUT2D eigenvalue weighted by molar-refractivity contribution is 6.31. The van der Waals surface area contributed by atoms with E-state index in [2.05, 4.69) is 5.32 Å². The quantitative estimate of drug-likeness (QED) is 0.691. The maximum absolute atomic E-state index is 11.9. The molecular weight excluding hydrogens is 266 g/mol. The van der Waals surface area contributed by atoms with Gasteiger partial charge in [-0.2, -0.15) is 0 Å². The summed E-state index contributed by atoms with van der Waals surface area (Å²) in [6.07, 6.45) is 1.85. The molecule has 1 aromatic carbocycles. The molecule has 0 saturated carbocycles. The molecule has 5 heteroatoms. The van der Waals surface area contributed by atoms with Crippen molar-refractivity contribution < 1.29 is 9.21 Å². The normalized spacial score (nSPS) is 10.6. The standard InChI is InChI=1S/C14H14ClNO3/c1-2-3-6-16-13(17)11-8-9-7-10(15)4-5-12(9)19-14(11)18/h4-5,7-8H,2-3,6H2,1H3,(H,16,17). The summed E-state index contributed by atoms with van der Waals surface area (Å²) in [5, 5.41) is 3.85. The minimum absolute atomic E-state index is 0.00543. The minimum Gasteiger partial charge on any atom is -0.422 e. The van der Waals surface area contributed by atoms with E-state index in [-0.39, 0.29) is 5.56 Å². The molecule has 0 radical (unpaired) electrons. The number of halogens is 1. The molecule has 2 rings (SSSR count). The highest BCUT2D eigenvalue weighted by Gasteiger charge is 2.13. The zero-order chi connectivity index (χ0) is 13.8. The molecule has 1 aromatic heterocycles. The Kier molecular flexibility index (Phi) is 4.22. The van der Waals surface area contributed by atoms with Crippen molar-refractivity contribution in [1.82, 2.24) is 5.32 Å². The lowest BCUT2D eigenvalue weighted by Crippen LogP contribution is -2.28. The van der Waals surface area contributed by atoms with Gasteiger partial charge in [0.1, 0.15) is 11.1 Å². The van der Waals surface area contributed by atoms with Gasteiger partial charge in [-0.05, 0) is 30.7 Å². The van der Waals surface area contributed by atoms with Crippen molar-refractivity contribution in [2.24, 2.45) is 0 Å². The Morgan fingerprint density at radius 1 is 1.37 bits per heavy atom. The highest BCUT2D eigenvalue weighted by Crippen LogP contribution is 2.18. The van der Waals surface area contributed by atoms with Gasteiger partial charge in [-0.25, -0.2) is 4.79 Å². The number of unbranched alkanes of at least 4 members (excludes halogenated alkanes) is 1. The fraction of sp³-hybridized carbons (Fsp3) is 0.286. The summed E-state index contributed by atoms with van der Waals surface area (Å²) in [5.41, 5.74) is -0.214. The Bertz CT molecular complexity index is 663. The third-order valence-electron chi connectivity index (χ3n) is 2.75. The molecule has 4 nitrogen and oxygen atoms in total. The average Bonchev–Trinajstić information content (AvgIpc) is 2.38. The predicted molar refractivity (Wildman–Crippen MR) is 74.7 cm³/mol. The van der Waals surface area contributed by atoms with Crippen molar-refractivity contribution >= 4 is 28.5 Å². The van der Waals surface area contributed by atoms with Crippen LogP contribution in [0.25, 0.3) is 11.0 Å². The Balaban J connectivity index is 2.35. The molecule has 0 atom stereocenters. The van der Waals surface area contributed by atoms with E-state index in [1.807, 2.05) is 6.92 Å². The van der Waals surface area contributed by atoms with Crippen LogP contribution in [0, 0.1) is 0 Å². The first-order valence-corrected chi connectivity index (χ1v) is 6.51. The van der Waals surface area contributed by atoms with E-state index in [1.54, 1.807) is 18.2 Å². The second kappa shape index (κ2) is 5.89. The van der Waals surface area contributed by atoms with Crippen molar-refractivity contribution in [3.63, 3.8) is 0 Å². The van der Waals surface area contributed by atoms with Gasteiger partial charge in [-0.3, -0.25) is 4.79 Å². The lowest BCUT2D eigenvalue weighted by Gasteiger charge is -2.04. The summed E-state index contributed by atoms with van der Waals surface area (Å²) in [5.74, 6) is -0.413. The molecule has 1 amide bonds. The second-order valence-corrected chi connectivity index (χ2v) is 4.68. The zero-order valence-corrected chi connectivity index (χ0v) is 11.3. The monoisotopic (exact) mass is 279 g/mol. The smallest absolute Gasteiger partial charge is 0.349 e. The molecule has 19 heavy (non-hydrogen) atoms. The number of fused-ring (bicyclic) bond motifs is 1. The van der Waals surface area contributed by atoms with Gasteiger partial charge in [0.05, 0.1) is 0 Å². The van der Waals surface area contributed by atoms with Crippen molar-refractivity contribution in [2.45, 2.75) is 19.8 Å². The van der Waals surface area contributed by atoms with Crippen LogP contribution in [0.15, 0.2) is 33.5 Å². The third-order valence-corrected chi connectivity index (χ3v) is 2.99. The van der Waals surface area contributed by atoms with Crippen LogP contribution in [0.2, 0.25) is 5.02 Å². The molecule has 100 valence electrons. The molecule has 1 heterocycles. The van der Waals surface area contributed by atoms with Crippen molar-refractivity contribution in [2.75, 3.05) is 6.54 Å². The van der Waals surface area contributed by atoms with Gasteiger partial charge in [-0.15, -0.1) is 0 Å².